The van der Waals surface area contributed by atoms with Gasteiger partial charge in [-0.3, -0.25) is 0 Å². The van der Waals surface area contributed by atoms with Crippen LogP contribution < -0.4 is 24.8 Å². The molecule has 2 rings (SSSR count). The van der Waals surface area contributed by atoms with Crippen molar-refractivity contribution in [2.24, 2.45) is 0 Å². The first-order chi connectivity index (χ1) is 12.4. The lowest BCUT2D eigenvalue weighted by molar-refractivity contribution is 0.247. The van der Waals surface area contributed by atoms with E-state index in [0.717, 1.165) is 11.3 Å². The van der Waals surface area contributed by atoms with Crippen molar-refractivity contribution in [1.29, 1.82) is 0 Å². The Morgan fingerprint density at radius 3 is 2.27 bits per heavy atom. The molecule has 0 saturated heterocycles. The molecule has 0 aliphatic rings. The lowest BCUT2D eigenvalue weighted by Crippen LogP contribution is -2.32. The molecular weight excluding hydrogens is 332 g/mol. The van der Waals surface area contributed by atoms with Gasteiger partial charge in [-0.1, -0.05) is 6.07 Å². The van der Waals surface area contributed by atoms with E-state index >= 15 is 0 Å². The molecule has 0 unspecified atom stereocenters. The second-order valence-electron chi connectivity index (χ2n) is 6.00. The number of ether oxygens (including phenoxy) is 3. The fourth-order valence-corrected chi connectivity index (χ4v) is 2.50. The van der Waals surface area contributed by atoms with E-state index in [-0.39, 0.29) is 6.03 Å². The molecule has 0 aliphatic heterocycles. The highest BCUT2D eigenvalue weighted by atomic mass is 16.5. The highest BCUT2D eigenvalue weighted by Gasteiger charge is 2.07. The van der Waals surface area contributed by atoms with Crippen LogP contribution in [0, 0.1) is 20.8 Å². The molecule has 0 heterocycles. The summed E-state index contributed by atoms with van der Waals surface area (Å²) in [6.07, 6.45) is 0. The Morgan fingerprint density at radius 2 is 1.58 bits per heavy atom. The molecule has 6 nitrogen and oxygen atoms in total. The Kier molecular flexibility index (Phi) is 6.72. The van der Waals surface area contributed by atoms with Crippen LogP contribution in [0.25, 0.3) is 0 Å². The van der Waals surface area contributed by atoms with Crippen LogP contribution in [0.2, 0.25) is 0 Å². The number of methoxy groups -OCH3 is 2. The van der Waals surface area contributed by atoms with Crippen LogP contribution in [0.1, 0.15) is 16.7 Å². The van der Waals surface area contributed by atoms with Gasteiger partial charge in [0.1, 0.15) is 12.4 Å². The van der Waals surface area contributed by atoms with E-state index < -0.39 is 0 Å². The summed E-state index contributed by atoms with van der Waals surface area (Å²) < 4.78 is 16.2. The zero-order valence-corrected chi connectivity index (χ0v) is 15.9. The van der Waals surface area contributed by atoms with E-state index in [1.54, 1.807) is 32.4 Å². The van der Waals surface area contributed by atoms with E-state index in [0.29, 0.717) is 30.3 Å². The molecule has 140 valence electrons. The molecule has 0 aliphatic carbocycles. The lowest BCUT2D eigenvalue weighted by Gasteiger charge is -2.13. The predicted molar refractivity (Wildman–Crippen MR) is 103 cm³/mol. The lowest BCUT2D eigenvalue weighted by atomic mass is 10.1. The third-order valence-electron chi connectivity index (χ3n) is 4.08. The molecule has 0 atom stereocenters. The Hall–Kier alpha value is -2.89. The van der Waals surface area contributed by atoms with Crippen LogP contribution in [-0.4, -0.2) is 33.4 Å². The van der Waals surface area contributed by atoms with Crippen molar-refractivity contribution in [2.75, 3.05) is 32.7 Å². The van der Waals surface area contributed by atoms with Gasteiger partial charge in [0.25, 0.3) is 0 Å². The summed E-state index contributed by atoms with van der Waals surface area (Å²) in [5.41, 5.74) is 4.13. The minimum atomic E-state index is -0.308. The van der Waals surface area contributed by atoms with Gasteiger partial charge >= 0.3 is 6.03 Å². The first kappa shape index (κ1) is 19.4. The van der Waals surface area contributed by atoms with Crippen LogP contribution in [0.5, 0.6) is 17.2 Å². The number of nitrogens with one attached hydrogen (secondary N) is 2. The Morgan fingerprint density at radius 1 is 0.885 bits per heavy atom. The van der Waals surface area contributed by atoms with Crippen molar-refractivity contribution in [3.05, 3.63) is 47.0 Å². The van der Waals surface area contributed by atoms with Gasteiger partial charge in [-0.15, -0.1) is 0 Å². The summed E-state index contributed by atoms with van der Waals surface area (Å²) in [6, 6.07) is 9.00. The molecule has 2 amide bonds. The number of carbonyl (C=O) groups excluding carboxylic acids is 1. The largest absolute Gasteiger partial charge is 0.493 e. The number of aryl methyl sites for hydroxylation is 3. The summed E-state index contributed by atoms with van der Waals surface area (Å²) in [5.74, 6) is 2.00. The molecule has 26 heavy (non-hydrogen) atoms. The Bertz CT molecular complexity index is 775. The third kappa shape index (κ3) is 5.05. The second-order valence-corrected chi connectivity index (χ2v) is 6.00. The summed E-state index contributed by atoms with van der Waals surface area (Å²) in [6.45, 7) is 6.93. The quantitative estimate of drug-likeness (QED) is 0.738. The molecule has 0 bridgehead atoms. The number of anilines is 1. The standard InChI is InChI=1S/C20H26N2O4/c1-13-10-15(3)18(11-14(13)2)26-9-8-21-20(23)22-16-6-7-17(24-4)19(12-16)25-5/h6-7,10-12H,8-9H2,1-5H3,(H2,21,22,23). The zero-order chi connectivity index (χ0) is 19.1. The molecule has 6 heteroatoms. The van der Waals surface area contributed by atoms with Gasteiger partial charge in [0.2, 0.25) is 0 Å². The smallest absolute Gasteiger partial charge is 0.319 e. The monoisotopic (exact) mass is 358 g/mol. The first-order valence-corrected chi connectivity index (χ1v) is 8.42. The van der Waals surface area contributed by atoms with E-state index in [2.05, 4.69) is 30.5 Å². The fourth-order valence-electron chi connectivity index (χ4n) is 2.50. The minimum absolute atomic E-state index is 0.308. The summed E-state index contributed by atoms with van der Waals surface area (Å²) in [4.78, 5) is 12.0. The molecular formula is C20H26N2O4. The van der Waals surface area contributed by atoms with Crippen LogP contribution in [-0.2, 0) is 0 Å². The predicted octanol–water partition coefficient (Wildman–Crippen LogP) is 3.83. The van der Waals surface area contributed by atoms with Crippen LogP contribution >= 0.6 is 0 Å². The van der Waals surface area contributed by atoms with Gasteiger partial charge in [-0.05, 0) is 55.7 Å². The van der Waals surface area contributed by atoms with Gasteiger partial charge in [-0.2, -0.15) is 0 Å². The van der Waals surface area contributed by atoms with Crippen LogP contribution in [0.4, 0.5) is 10.5 Å². The van der Waals surface area contributed by atoms with Crippen molar-refractivity contribution >= 4 is 11.7 Å². The van der Waals surface area contributed by atoms with Crippen molar-refractivity contribution < 1.29 is 19.0 Å². The van der Waals surface area contributed by atoms with Gasteiger partial charge in [0, 0.05) is 11.8 Å². The van der Waals surface area contributed by atoms with E-state index in [1.807, 2.05) is 13.0 Å². The molecule has 2 N–H and O–H groups in total. The molecule has 0 fully saturated rings. The molecule has 0 spiro atoms. The van der Waals surface area contributed by atoms with Crippen molar-refractivity contribution in [3.63, 3.8) is 0 Å². The van der Waals surface area contributed by atoms with Gasteiger partial charge in [-0.25, -0.2) is 4.79 Å². The number of hydrogen-bond acceptors (Lipinski definition) is 4. The average Bonchev–Trinajstić information content (AvgIpc) is 2.62. The van der Waals surface area contributed by atoms with E-state index in [4.69, 9.17) is 14.2 Å². The maximum absolute atomic E-state index is 12.0. The highest BCUT2D eigenvalue weighted by molar-refractivity contribution is 5.89. The maximum Gasteiger partial charge on any atom is 0.319 e. The Labute approximate surface area is 154 Å². The molecule has 2 aromatic rings. The fraction of sp³-hybridized carbons (Fsp3) is 0.350. The maximum atomic E-state index is 12.0. The molecule has 0 saturated carbocycles. The zero-order valence-electron chi connectivity index (χ0n) is 15.9. The number of hydrogen-bond donors (Lipinski definition) is 2. The van der Waals surface area contributed by atoms with Crippen LogP contribution in [0.15, 0.2) is 30.3 Å². The molecule has 2 aromatic carbocycles. The van der Waals surface area contributed by atoms with E-state index in [1.165, 1.54) is 11.1 Å². The van der Waals surface area contributed by atoms with Crippen molar-refractivity contribution in [2.45, 2.75) is 20.8 Å². The highest BCUT2D eigenvalue weighted by Crippen LogP contribution is 2.29. The van der Waals surface area contributed by atoms with Crippen molar-refractivity contribution in [3.8, 4) is 17.2 Å². The number of benzene rings is 2. The van der Waals surface area contributed by atoms with Gasteiger partial charge in [0.15, 0.2) is 11.5 Å². The number of urea groups is 1. The van der Waals surface area contributed by atoms with E-state index in [9.17, 15) is 4.79 Å². The van der Waals surface area contributed by atoms with Crippen molar-refractivity contribution in [1.82, 2.24) is 5.32 Å². The normalized spacial score (nSPS) is 10.2. The summed E-state index contributed by atoms with van der Waals surface area (Å²) in [5, 5.41) is 5.52. The Balaban J connectivity index is 1.81. The number of carbonyl (C=O) groups is 1. The minimum Gasteiger partial charge on any atom is -0.493 e. The van der Waals surface area contributed by atoms with Crippen LogP contribution in [0.3, 0.4) is 0 Å². The summed E-state index contributed by atoms with van der Waals surface area (Å²) in [7, 11) is 3.11. The van der Waals surface area contributed by atoms with Gasteiger partial charge < -0.3 is 24.8 Å². The SMILES string of the molecule is COc1ccc(NC(=O)NCCOc2cc(C)c(C)cc2C)cc1OC. The average molecular weight is 358 g/mol. The number of rotatable bonds is 7. The first-order valence-electron chi connectivity index (χ1n) is 8.42. The third-order valence-corrected chi connectivity index (χ3v) is 4.08. The summed E-state index contributed by atoms with van der Waals surface area (Å²) >= 11 is 0. The second kappa shape index (κ2) is 8.99. The molecule has 0 aromatic heterocycles. The number of amides is 2. The molecule has 0 radical (unpaired) electrons. The topological polar surface area (TPSA) is 68.8 Å². The van der Waals surface area contributed by atoms with Gasteiger partial charge in [0.05, 0.1) is 20.8 Å².